The molecule has 7 heteroatoms. The molecule has 0 bridgehead atoms. The van der Waals surface area contributed by atoms with Gasteiger partial charge in [-0.2, -0.15) is 0 Å². The van der Waals surface area contributed by atoms with Crippen LogP contribution in [0.3, 0.4) is 0 Å². The fraction of sp³-hybridized carbons (Fsp3) is 0.143. The summed E-state index contributed by atoms with van der Waals surface area (Å²) in [6.45, 7) is 0.863. The quantitative estimate of drug-likeness (QED) is 0.687. The Hall–Kier alpha value is -3.25. The SMILES string of the molecule is O=C(c1ccc(O)cn1)N1CCOc2c(O)cc(-c3cccc(Cl)c3)cc2C1. The van der Waals surface area contributed by atoms with Crippen LogP contribution >= 0.6 is 11.6 Å². The van der Waals surface area contributed by atoms with Gasteiger partial charge in [0.05, 0.1) is 12.7 Å². The molecule has 28 heavy (non-hydrogen) atoms. The van der Waals surface area contributed by atoms with Crippen molar-refractivity contribution in [1.82, 2.24) is 9.88 Å². The van der Waals surface area contributed by atoms with E-state index in [-0.39, 0.29) is 36.3 Å². The van der Waals surface area contributed by atoms with Crippen molar-refractivity contribution in [3.8, 4) is 28.4 Å². The fourth-order valence-corrected chi connectivity index (χ4v) is 3.37. The lowest BCUT2D eigenvalue weighted by atomic mass is 10.0. The molecule has 0 saturated heterocycles. The number of halogens is 1. The molecule has 3 aromatic rings. The Morgan fingerprint density at radius 1 is 1.11 bits per heavy atom. The Kier molecular flexibility index (Phi) is 4.79. The third-order valence-corrected chi connectivity index (χ3v) is 4.76. The maximum Gasteiger partial charge on any atom is 0.272 e. The Labute approximate surface area is 166 Å². The van der Waals surface area contributed by atoms with Gasteiger partial charge in [0.15, 0.2) is 11.5 Å². The Morgan fingerprint density at radius 3 is 2.71 bits per heavy atom. The first kappa shape index (κ1) is 18.1. The molecule has 0 atom stereocenters. The van der Waals surface area contributed by atoms with E-state index in [1.165, 1.54) is 18.3 Å². The second-order valence-corrected chi connectivity index (χ2v) is 6.91. The molecule has 0 aliphatic carbocycles. The Morgan fingerprint density at radius 2 is 1.96 bits per heavy atom. The van der Waals surface area contributed by atoms with Crippen molar-refractivity contribution >= 4 is 17.5 Å². The first-order chi connectivity index (χ1) is 13.5. The van der Waals surface area contributed by atoms with Crippen molar-refractivity contribution in [2.24, 2.45) is 0 Å². The van der Waals surface area contributed by atoms with Crippen LogP contribution in [0.15, 0.2) is 54.7 Å². The Balaban J connectivity index is 1.68. The minimum atomic E-state index is -0.274. The molecule has 2 heterocycles. The van der Waals surface area contributed by atoms with E-state index in [9.17, 15) is 15.0 Å². The minimum absolute atomic E-state index is 0.00261. The lowest BCUT2D eigenvalue weighted by Gasteiger charge is -2.19. The summed E-state index contributed by atoms with van der Waals surface area (Å²) in [6, 6.07) is 13.7. The fourth-order valence-electron chi connectivity index (χ4n) is 3.18. The number of pyridine rings is 1. The second kappa shape index (κ2) is 7.40. The lowest BCUT2D eigenvalue weighted by Crippen LogP contribution is -2.33. The van der Waals surface area contributed by atoms with Crippen LogP contribution in [0.5, 0.6) is 17.2 Å². The molecule has 1 amide bonds. The molecule has 4 rings (SSSR count). The van der Waals surface area contributed by atoms with Crippen molar-refractivity contribution < 1.29 is 19.7 Å². The zero-order valence-electron chi connectivity index (χ0n) is 14.8. The molecule has 2 aromatic carbocycles. The summed E-state index contributed by atoms with van der Waals surface area (Å²) >= 11 is 6.08. The number of phenolic OH excluding ortho intramolecular Hbond substituents is 1. The van der Waals surface area contributed by atoms with Gasteiger partial charge in [-0.05, 0) is 47.5 Å². The number of ether oxygens (including phenoxy) is 1. The summed E-state index contributed by atoms with van der Waals surface area (Å²) in [6.07, 6.45) is 1.23. The molecule has 6 nitrogen and oxygen atoms in total. The van der Waals surface area contributed by atoms with Crippen molar-refractivity contribution in [3.63, 3.8) is 0 Å². The zero-order valence-corrected chi connectivity index (χ0v) is 15.6. The average molecular weight is 397 g/mol. The number of hydrogen-bond acceptors (Lipinski definition) is 5. The minimum Gasteiger partial charge on any atom is -0.506 e. The van der Waals surface area contributed by atoms with Crippen LogP contribution in [-0.4, -0.2) is 39.2 Å². The normalized spacial score (nSPS) is 13.4. The van der Waals surface area contributed by atoms with E-state index in [0.29, 0.717) is 22.9 Å². The number of hydrogen-bond donors (Lipinski definition) is 2. The van der Waals surface area contributed by atoms with E-state index in [1.807, 2.05) is 24.3 Å². The number of aromatic nitrogens is 1. The molecule has 0 fully saturated rings. The van der Waals surface area contributed by atoms with Gasteiger partial charge in [0, 0.05) is 17.1 Å². The second-order valence-electron chi connectivity index (χ2n) is 6.47. The summed E-state index contributed by atoms with van der Waals surface area (Å²) in [5.74, 6) is 0.116. The number of amides is 1. The zero-order chi connectivity index (χ0) is 19.7. The number of benzene rings is 2. The van der Waals surface area contributed by atoms with Gasteiger partial charge in [0.2, 0.25) is 0 Å². The molecule has 1 aromatic heterocycles. The number of phenols is 1. The molecule has 0 saturated carbocycles. The molecular weight excluding hydrogens is 380 g/mol. The number of aromatic hydroxyl groups is 2. The third-order valence-electron chi connectivity index (χ3n) is 4.53. The third kappa shape index (κ3) is 3.59. The van der Waals surface area contributed by atoms with Gasteiger partial charge in [-0.1, -0.05) is 23.7 Å². The van der Waals surface area contributed by atoms with Gasteiger partial charge < -0.3 is 19.8 Å². The molecule has 0 radical (unpaired) electrons. The number of carbonyl (C=O) groups excluding carboxylic acids is 1. The van der Waals surface area contributed by atoms with E-state index in [2.05, 4.69) is 4.98 Å². The number of nitrogens with zero attached hydrogens (tertiary/aromatic N) is 2. The molecule has 1 aliphatic rings. The summed E-state index contributed by atoms with van der Waals surface area (Å²) in [5, 5.41) is 20.4. The van der Waals surface area contributed by atoms with Crippen molar-refractivity contribution in [2.75, 3.05) is 13.2 Å². The van der Waals surface area contributed by atoms with Crippen LogP contribution in [0.4, 0.5) is 0 Å². The number of rotatable bonds is 2. The highest BCUT2D eigenvalue weighted by molar-refractivity contribution is 6.30. The highest BCUT2D eigenvalue weighted by Crippen LogP contribution is 2.38. The molecule has 0 spiro atoms. The monoisotopic (exact) mass is 396 g/mol. The van der Waals surface area contributed by atoms with E-state index < -0.39 is 0 Å². The number of carbonyl (C=O) groups is 1. The first-order valence-corrected chi connectivity index (χ1v) is 9.08. The summed E-state index contributed by atoms with van der Waals surface area (Å²) < 4.78 is 5.70. The van der Waals surface area contributed by atoms with Gasteiger partial charge in [-0.25, -0.2) is 4.98 Å². The molecule has 1 aliphatic heterocycles. The summed E-state index contributed by atoms with van der Waals surface area (Å²) in [7, 11) is 0. The maximum atomic E-state index is 12.8. The summed E-state index contributed by atoms with van der Waals surface area (Å²) in [5.41, 5.74) is 2.56. The van der Waals surface area contributed by atoms with Crippen LogP contribution in [0.1, 0.15) is 16.1 Å². The number of fused-ring (bicyclic) bond motifs is 1. The van der Waals surface area contributed by atoms with Gasteiger partial charge in [-0.3, -0.25) is 4.79 Å². The first-order valence-electron chi connectivity index (χ1n) is 8.70. The topological polar surface area (TPSA) is 82.9 Å². The molecule has 0 unspecified atom stereocenters. The standard InChI is InChI=1S/C21H17ClN2O4/c22-16-3-1-2-13(9-16)14-8-15-12-24(6-7-28-20(15)19(26)10-14)21(27)18-5-4-17(25)11-23-18/h1-5,8-11,25-26H,6-7,12H2. The van der Waals surface area contributed by atoms with Gasteiger partial charge in [0.1, 0.15) is 18.1 Å². The highest BCUT2D eigenvalue weighted by Gasteiger charge is 2.24. The van der Waals surface area contributed by atoms with Gasteiger partial charge in [-0.15, -0.1) is 0 Å². The highest BCUT2D eigenvalue weighted by atomic mass is 35.5. The maximum absolute atomic E-state index is 12.8. The van der Waals surface area contributed by atoms with Crippen LogP contribution < -0.4 is 4.74 Å². The predicted molar refractivity (Wildman–Crippen MR) is 105 cm³/mol. The Bertz CT molecular complexity index is 1040. The summed E-state index contributed by atoms with van der Waals surface area (Å²) in [4.78, 5) is 18.4. The van der Waals surface area contributed by atoms with E-state index in [4.69, 9.17) is 16.3 Å². The van der Waals surface area contributed by atoms with Crippen LogP contribution in [0, 0.1) is 0 Å². The van der Waals surface area contributed by atoms with Crippen molar-refractivity contribution in [3.05, 3.63) is 71.0 Å². The lowest BCUT2D eigenvalue weighted by molar-refractivity contribution is 0.0727. The average Bonchev–Trinajstić information content (AvgIpc) is 2.91. The van der Waals surface area contributed by atoms with E-state index in [1.54, 1.807) is 17.0 Å². The van der Waals surface area contributed by atoms with Gasteiger partial charge >= 0.3 is 0 Å². The van der Waals surface area contributed by atoms with Crippen LogP contribution in [-0.2, 0) is 6.54 Å². The molecule has 2 N–H and O–H groups in total. The van der Waals surface area contributed by atoms with E-state index in [0.717, 1.165) is 11.1 Å². The predicted octanol–water partition coefficient (Wildman–Crippen LogP) is 3.85. The van der Waals surface area contributed by atoms with Crippen molar-refractivity contribution in [1.29, 1.82) is 0 Å². The van der Waals surface area contributed by atoms with Crippen LogP contribution in [0.2, 0.25) is 5.02 Å². The van der Waals surface area contributed by atoms with E-state index >= 15 is 0 Å². The molecule has 142 valence electrons. The molecular formula is C21H17ClN2O4. The van der Waals surface area contributed by atoms with Gasteiger partial charge in [0.25, 0.3) is 5.91 Å². The van der Waals surface area contributed by atoms with Crippen molar-refractivity contribution in [2.45, 2.75) is 6.54 Å². The largest absolute Gasteiger partial charge is 0.506 e. The smallest absolute Gasteiger partial charge is 0.272 e. The van der Waals surface area contributed by atoms with Crippen LogP contribution in [0.25, 0.3) is 11.1 Å².